The molecule has 0 aliphatic carbocycles. The number of esters is 1. The van der Waals surface area contributed by atoms with Crippen LogP contribution in [0.2, 0.25) is 0 Å². The molecule has 0 fully saturated rings. The molecule has 108 valence electrons. The Labute approximate surface area is 116 Å². The lowest BCUT2D eigenvalue weighted by molar-refractivity contribution is -0.139. The van der Waals surface area contributed by atoms with Gasteiger partial charge in [-0.15, -0.1) is 0 Å². The Morgan fingerprint density at radius 2 is 1.63 bits per heavy atom. The predicted octanol–water partition coefficient (Wildman–Crippen LogP) is 3.70. The second-order valence-corrected chi connectivity index (χ2v) is 5.19. The summed E-state index contributed by atoms with van der Waals surface area (Å²) in [6, 6.07) is 0. The van der Waals surface area contributed by atoms with Crippen LogP contribution >= 0.6 is 8.46 Å². The summed E-state index contributed by atoms with van der Waals surface area (Å²) in [5.41, 5.74) is 0.433. The summed E-state index contributed by atoms with van der Waals surface area (Å²) in [6.07, 6.45) is 6.63. The van der Waals surface area contributed by atoms with E-state index in [1.807, 2.05) is 0 Å². The highest BCUT2D eigenvalue weighted by Crippen LogP contribution is 2.09. The summed E-state index contributed by atoms with van der Waals surface area (Å²) < 4.78 is 15.2. The van der Waals surface area contributed by atoms with E-state index in [0.29, 0.717) is 18.6 Å². The zero-order chi connectivity index (χ0) is 14.5. The number of ketones is 1. The lowest BCUT2D eigenvalue weighted by Gasteiger charge is -2.04. The number of Topliss-reactive ketones (excluding diaryl/α,β-unsaturated/α-hetero) is 1. The molecule has 5 heteroatoms. The molecule has 0 radical (unpaired) electrons. The average molecular weight is 286 g/mol. The fraction of sp³-hybridized carbons (Fsp3) is 0.714. The molecule has 0 saturated heterocycles. The van der Waals surface area contributed by atoms with Crippen LogP contribution in [0.25, 0.3) is 0 Å². The van der Waals surface area contributed by atoms with Crippen LogP contribution in [0.4, 0.5) is 0 Å². The summed E-state index contributed by atoms with van der Waals surface area (Å²) in [7, 11) is -0.0786. The zero-order valence-corrected chi connectivity index (χ0v) is 12.5. The van der Waals surface area contributed by atoms with Crippen LogP contribution in [0.1, 0.15) is 51.9 Å². The third-order valence-corrected chi connectivity index (χ3v) is 3.15. The Morgan fingerprint density at radius 1 is 1.05 bits per heavy atom. The predicted molar refractivity (Wildman–Crippen MR) is 75.6 cm³/mol. The number of carbonyl (C=O) groups is 2. The molecule has 0 spiro atoms. The Bertz CT molecular complexity index is 313. The Balaban J connectivity index is 3.23. The van der Waals surface area contributed by atoms with Crippen LogP contribution in [0.3, 0.4) is 0 Å². The molecular formula is C14H23O4P. The molecule has 0 amide bonds. The molecule has 0 unspecified atom stereocenters. The maximum absolute atomic E-state index is 11.1. The number of unbranched alkanes of at least 4 members (excludes halogenated alkanes) is 5. The van der Waals surface area contributed by atoms with Crippen molar-refractivity contribution in [2.24, 2.45) is 0 Å². The first-order valence-electron chi connectivity index (χ1n) is 6.71. The monoisotopic (exact) mass is 286 g/mol. The first kappa shape index (κ1) is 18.0. The summed E-state index contributed by atoms with van der Waals surface area (Å²) in [4.78, 5) is 22.1. The minimum Gasteiger partial charge on any atom is -0.462 e. The van der Waals surface area contributed by atoms with Crippen molar-refractivity contribution in [3.8, 4) is 0 Å². The number of carbonyl (C=O) groups excluding carboxylic acids is 2. The Kier molecular flexibility index (Phi) is 11.4. The SMILES string of the molecule is C=C(C)C(=O)OCCCCCCCCC(=O)CP=O. The Hall–Kier alpha value is -1.02. The van der Waals surface area contributed by atoms with Crippen LogP contribution in [0, 0.1) is 0 Å². The van der Waals surface area contributed by atoms with Gasteiger partial charge in [-0.3, -0.25) is 9.36 Å². The van der Waals surface area contributed by atoms with Crippen molar-refractivity contribution < 1.29 is 18.9 Å². The van der Waals surface area contributed by atoms with E-state index >= 15 is 0 Å². The quantitative estimate of drug-likeness (QED) is 0.237. The zero-order valence-electron chi connectivity index (χ0n) is 11.7. The number of ether oxygens (including phenoxy) is 1. The van der Waals surface area contributed by atoms with Gasteiger partial charge in [0, 0.05) is 12.0 Å². The number of hydrogen-bond acceptors (Lipinski definition) is 4. The van der Waals surface area contributed by atoms with Crippen molar-refractivity contribution >= 4 is 20.2 Å². The van der Waals surface area contributed by atoms with Gasteiger partial charge in [0.25, 0.3) is 0 Å². The fourth-order valence-corrected chi connectivity index (χ4v) is 1.87. The summed E-state index contributed by atoms with van der Waals surface area (Å²) in [5, 5.41) is 0. The maximum Gasteiger partial charge on any atom is 0.333 e. The molecule has 0 bridgehead atoms. The molecule has 0 aliphatic rings. The molecule has 0 aromatic heterocycles. The van der Waals surface area contributed by atoms with Gasteiger partial charge in [-0.2, -0.15) is 0 Å². The van der Waals surface area contributed by atoms with Gasteiger partial charge in [0.15, 0.2) is 8.46 Å². The van der Waals surface area contributed by atoms with E-state index in [1.165, 1.54) is 0 Å². The Morgan fingerprint density at radius 3 is 2.21 bits per heavy atom. The smallest absolute Gasteiger partial charge is 0.333 e. The fourth-order valence-electron chi connectivity index (χ4n) is 1.57. The molecule has 0 saturated carbocycles. The molecule has 19 heavy (non-hydrogen) atoms. The standard InChI is InChI=1S/C14H23O4P/c1-12(2)14(16)18-10-8-6-4-3-5-7-9-13(15)11-19-17/h1,3-11H2,2H3. The van der Waals surface area contributed by atoms with E-state index in [0.717, 1.165) is 38.5 Å². The van der Waals surface area contributed by atoms with Crippen LogP contribution < -0.4 is 0 Å². The van der Waals surface area contributed by atoms with Crippen molar-refractivity contribution in [1.82, 2.24) is 0 Å². The normalized spacial score (nSPS) is 10.4. The molecule has 0 N–H and O–H groups in total. The van der Waals surface area contributed by atoms with E-state index < -0.39 is 0 Å². The molecule has 4 nitrogen and oxygen atoms in total. The summed E-state index contributed by atoms with van der Waals surface area (Å²) in [6.45, 7) is 5.60. The molecule has 0 rings (SSSR count). The van der Waals surface area contributed by atoms with Gasteiger partial charge in [-0.25, -0.2) is 4.79 Å². The number of hydrogen-bond donors (Lipinski definition) is 0. The lowest BCUT2D eigenvalue weighted by Crippen LogP contribution is -2.06. The van der Waals surface area contributed by atoms with Gasteiger partial charge in [0.05, 0.1) is 12.8 Å². The van der Waals surface area contributed by atoms with Crippen molar-refractivity contribution in [3.05, 3.63) is 12.2 Å². The second-order valence-electron chi connectivity index (χ2n) is 4.61. The molecule has 0 aromatic rings. The highest BCUT2D eigenvalue weighted by Gasteiger charge is 2.02. The average Bonchev–Trinajstić information content (AvgIpc) is 2.36. The van der Waals surface area contributed by atoms with Gasteiger partial charge < -0.3 is 4.74 Å². The minimum absolute atomic E-state index is 0.0726. The number of rotatable bonds is 12. The van der Waals surface area contributed by atoms with E-state index in [-0.39, 0.29) is 26.4 Å². The third-order valence-electron chi connectivity index (χ3n) is 2.67. The maximum atomic E-state index is 11.1. The first-order chi connectivity index (χ1) is 9.07. The topological polar surface area (TPSA) is 60.4 Å². The molecule has 0 aromatic carbocycles. The van der Waals surface area contributed by atoms with Crippen LogP contribution in [-0.4, -0.2) is 24.5 Å². The van der Waals surface area contributed by atoms with E-state index in [2.05, 4.69) is 6.58 Å². The molecular weight excluding hydrogens is 263 g/mol. The molecule has 0 aliphatic heterocycles. The van der Waals surface area contributed by atoms with Gasteiger partial charge >= 0.3 is 5.97 Å². The first-order valence-corrected chi connectivity index (χ1v) is 7.71. The second kappa shape index (κ2) is 12.0. The van der Waals surface area contributed by atoms with Crippen molar-refractivity contribution in [2.45, 2.75) is 51.9 Å². The van der Waals surface area contributed by atoms with Crippen LogP contribution in [-0.2, 0) is 18.9 Å². The summed E-state index contributed by atoms with van der Waals surface area (Å²) >= 11 is 0. The molecule has 0 heterocycles. The van der Waals surface area contributed by atoms with Gasteiger partial charge in [0.2, 0.25) is 0 Å². The third kappa shape index (κ3) is 11.8. The van der Waals surface area contributed by atoms with E-state index in [1.54, 1.807) is 6.92 Å². The van der Waals surface area contributed by atoms with Crippen molar-refractivity contribution in [1.29, 1.82) is 0 Å². The highest BCUT2D eigenvalue weighted by molar-refractivity contribution is 7.25. The van der Waals surface area contributed by atoms with Crippen molar-refractivity contribution in [2.75, 3.05) is 12.8 Å². The summed E-state index contributed by atoms with van der Waals surface area (Å²) in [5.74, 6) is -0.250. The van der Waals surface area contributed by atoms with Crippen LogP contribution in [0.5, 0.6) is 0 Å². The van der Waals surface area contributed by atoms with Crippen LogP contribution in [0.15, 0.2) is 12.2 Å². The van der Waals surface area contributed by atoms with Gasteiger partial charge in [0.1, 0.15) is 5.78 Å². The van der Waals surface area contributed by atoms with Gasteiger partial charge in [-0.05, 0) is 19.8 Å². The van der Waals surface area contributed by atoms with E-state index in [4.69, 9.17) is 4.74 Å². The van der Waals surface area contributed by atoms with Gasteiger partial charge in [-0.1, -0.05) is 32.3 Å². The largest absolute Gasteiger partial charge is 0.462 e. The molecule has 0 atom stereocenters. The van der Waals surface area contributed by atoms with Crippen molar-refractivity contribution in [3.63, 3.8) is 0 Å². The lowest BCUT2D eigenvalue weighted by atomic mass is 10.1. The highest BCUT2D eigenvalue weighted by atomic mass is 31.1. The minimum atomic E-state index is -0.323. The van der Waals surface area contributed by atoms with E-state index in [9.17, 15) is 14.2 Å².